The van der Waals surface area contributed by atoms with Crippen molar-refractivity contribution in [1.82, 2.24) is 35.0 Å². The maximum absolute atomic E-state index is 14.0. The Balaban J connectivity index is 1.26. The van der Waals surface area contributed by atoms with E-state index in [-0.39, 0.29) is 5.75 Å². The number of nitrogens with zero attached hydrogens (tertiary/aromatic N) is 5. The maximum atomic E-state index is 14.0. The molecule has 0 radical (unpaired) electrons. The first kappa shape index (κ1) is 23.5. The highest BCUT2D eigenvalue weighted by molar-refractivity contribution is 5.97. The molecular weight excluding hydrogens is 493 g/mol. The molecule has 0 bridgehead atoms. The van der Waals surface area contributed by atoms with Crippen LogP contribution in [0.1, 0.15) is 24.8 Å². The van der Waals surface area contributed by atoms with Crippen molar-refractivity contribution >= 4 is 21.9 Å². The van der Waals surface area contributed by atoms with E-state index < -0.39 is 5.82 Å². The molecule has 8 nitrogen and oxygen atoms in total. The van der Waals surface area contributed by atoms with Crippen molar-refractivity contribution in [2.45, 2.75) is 25.8 Å². The zero-order valence-electron chi connectivity index (χ0n) is 21.2. The largest absolute Gasteiger partial charge is 0.508 e. The van der Waals surface area contributed by atoms with Gasteiger partial charge >= 0.3 is 0 Å². The first-order valence-electron chi connectivity index (χ1n) is 13.1. The molecule has 1 saturated heterocycles. The topological polar surface area (TPSA) is 107 Å². The highest BCUT2D eigenvalue weighted by Gasteiger charge is 2.17. The van der Waals surface area contributed by atoms with Gasteiger partial charge in [-0.15, -0.1) is 0 Å². The van der Waals surface area contributed by atoms with E-state index in [1.165, 1.54) is 37.0 Å². The molecule has 1 aliphatic heterocycles. The Morgan fingerprint density at radius 2 is 1.82 bits per heavy atom. The average molecular weight is 520 g/mol. The fourth-order valence-electron chi connectivity index (χ4n) is 5.45. The van der Waals surface area contributed by atoms with Crippen LogP contribution in [0.15, 0.2) is 67.1 Å². The minimum Gasteiger partial charge on any atom is -0.508 e. The van der Waals surface area contributed by atoms with Gasteiger partial charge in [-0.2, -0.15) is 5.10 Å². The Bertz CT molecular complexity index is 1800. The molecule has 0 atom stereocenters. The second-order valence-corrected chi connectivity index (χ2v) is 10.1. The van der Waals surface area contributed by atoms with E-state index in [9.17, 15) is 9.50 Å². The van der Waals surface area contributed by atoms with Gasteiger partial charge < -0.3 is 10.1 Å². The van der Waals surface area contributed by atoms with Crippen LogP contribution in [0.5, 0.6) is 5.75 Å². The number of benzene rings is 2. The quantitative estimate of drug-likeness (QED) is 0.256. The van der Waals surface area contributed by atoms with E-state index in [0.717, 1.165) is 53.4 Å². The number of aromatic amines is 2. The number of rotatable bonds is 5. The van der Waals surface area contributed by atoms with E-state index in [1.54, 1.807) is 6.20 Å². The molecule has 0 unspecified atom stereocenters. The molecule has 0 amide bonds. The zero-order valence-corrected chi connectivity index (χ0v) is 21.2. The Morgan fingerprint density at radius 1 is 0.923 bits per heavy atom. The predicted octanol–water partition coefficient (Wildman–Crippen LogP) is 6.06. The number of phenols is 1. The number of phenolic OH excluding ortho intramolecular Hbond substituents is 1. The van der Waals surface area contributed by atoms with Gasteiger partial charge in [0.15, 0.2) is 5.82 Å². The van der Waals surface area contributed by atoms with Crippen molar-refractivity contribution < 1.29 is 9.50 Å². The molecule has 3 N–H and O–H groups in total. The van der Waals surface area contributed by atoms with Crippen molar-refractivity contribution in [2.24, 2.45) is 0 Å². The first-order chi connectivity index (χ1) is 19.1. The summed E-state index contributed by atoms with van der Waals surface area (Å²) in [5, 5.41) is 18.4. The standard InChI is InChI=1S/C30H26FN7O/c31-21-10-19(11-22(39)12-21)23-5-4-6-25-28(23)35-30(34-25)29-24-13-26(33-16-27(24)36-37-29)20-9-18(14-32-15-20)17-38-7-2-1-3-8-38/h4-6,9-16,39H,1-3,7-8,17H2,(H,34,35)(H,36,37). The summed E-state index contributed by atoms with van der Waals surface area (Å²) in [6.07, 6.45) is 9.37. The molecular formula is C30H26FN7O. The van der Waals surface area contributed by atoms with Gasteiger partial charge in [-0.05, 0) is 67.4 Å². The van der Waals surface area contributed by atoms with E-state index in [0.29, 0.717) is 28.2 Å². The number of nitrogens with one attached hydrogen (secondary N) is 2. The van der Waals surface area contributed by atoms with Gasteiger partial charge in [0, 0.05) is 41.5 Å². The highest BCUT2D eigenvalue weighted by Crippen LogP contribution is 2.34. The van der Waals surface area contributed by atoms with Crippen LogP contribution in [0.25, 0.3) is 55.8 Å². The number of aromatic nitrogens is 6. The number of para-hydroxylation sites is 1. The van der Waals surface area contributed by atoms with Crippen LogP contribution < -0.4 is 0 Å². The van der Waals surface area contributed by atoms with Gasteiger partial charge in [0.05, 0.1) is 28.4 Å². The van der Waals surface area contributed by atoms with Crippen LogP contribution in [-0.4, -0.2) is 53.2 Å². The molecule has 0 spiro atoms. The lowest BCUT2D eigenvalue weighted by atomic mass is 10.0. The molecule has 9 heteroatoms. The zero-order chi connectivity index (χ0) is 26.3. The third kappa shape index (κ3) is 4.51. The molecule has 5 heterocycles. The Kier molecular flexibility index (Phi) is 5.78. The van der Waals surface area contributed by atoms with Crippen LogP contribution >= 0.6 is 0 Å². The summed E-state index contributed by atoms with van der Waals surface area (Å²) in [5.41, 5.74) is 7.11. The summed E-state index contributed by atoms with van der Waals surface area (Å²) in [6.45, 7) is 3.16. The smallest absolute Gasteiger partial charge is 0.159 e. The van der Waals surface area contributed by atoms with E-state index in [2.05, 4.69) is 36.1 Å². The number of pyridine rings is 2. The van der Waals surface area contributed by atoms with Gasteiger partial charge in [0.1, 0.15) is 17.3 Å². The van der Waals surface area contributed by atoms with Gasteiger partial charge in [-0.3, -0.25) is 20.0 Å². The van der Waals surface area contributed by atoms with Crippen LogP contribution in [0.4, 0.5) is 4.39 Å². The summed E-state index contributed by atoms with van der Waals surface area (Å²) < 4.78 is 14.0. The Hall–Kier alpha value is -4.63. The van der Waals surface area contributed by atoms with E-state index >= 15 is 0 Å². The van der Waals surface area contributed by atoms with Gasteiger partial charge in [0.25, 0.3) is 0 Å². The van der Waals surface area contributed by atoms with E-state index in [1.807, 2.05) is 36.7 Å². The number of fused-ring (bicyclic) bond motifs is 2. The van der Waals surface area contributed by atoms with Crippen molar-refractivity contribution in [2.75, 3.05) is 13.1 Å². The van der Waals surface area contributed by atoms with Crippen LogP contribution in [0, 0.1) is 5.82 Å². The number of H-pyrrole nitrogens is 2. The van der Waals surface area contributed by atoms with E-state index in [4.69, 9.17) is 4.98 Å². The molecule has 0 aliphatic carbocycles. The van der Waals surface area contributed by atoms with Gasteiger partial charge in [0.2, 0.25) is 0 Å². The fraction of sp³-hybridized carbons (Fsp3) is 0.200. The lowest BCUT2D eigenvalue weighted by Crippen LogP contribution is -2.29. The lowest BCUT2D eigenvalue weighted by Gasteiger charge is -2.26. The predicted molar refractivity (Wildman–Crippen MR) is 148 cm³/mol. The summed E-state index contributed by atoms with van der Waals surface area (Å²) in [7, 11) is 0. The number of imidazole rings is 1. The van der Waals surface area contributed by atoms with Crippen molar-refractivity contribution in [3.8, 4) is 39.7 Å². The minimum atomic E-state index is -0.509. The molecule has 6 aromatic rings. The van der Waals surface area contributed by atoms with Crippen molar-refractivity contribution in [1.29, 1.82) is 0 Å². The normalized spacial score (nSPS) is 14.4. The monoisotopic (exact) mass is 519 g/mol. The van der Waals surface area contributed by atoms with Gasteiger partial charge in [-0.1, -0.05) is 18.6 Å². The van der Waals surface area contributed by atoms with Crippen molar-refractivity contribution in [3.63, 3.8) is 0 Å². The highest BCUT2D eigenvalue weighted by atomic mass is 19.1. The van der Waals surface area contributed by atoms with Gasteiger partial charge in [-0.25, -0.2) is 9.37 Å². The average Bonchev–Trinajstić information content (AvgIpc) is 3.57. The molecule has 2 aromatic carbocycles. The second kappa shape index (κ2) is 9.59. The molecule has 39 heavy (non-hydrogen) atoms. The molecule has 7 rings (SSSR count). The van der Waals surface area contributed by atoms with Crippen LogP contribution in [0.3, 0.4) is 0 Å². The number of piperidine rings is 1. The number of aromatic hydroxyl groups is 1. The minimum absolute atomic E-state index is 0.134. The SMILES string of the molecule is Oc1cc(F)cc(-c2cccc3[nH]c(-c4n[nH]c5cnc(-c6cncc(CN7CCCCC7)c6)cc45)nc23)c1. The molecule has 4 aromatic heterocycles. The molecule has 0 saturated carbocycles. The summed E-state index contributed by atoms with van der Waals surface area (Å²) >= 11 is 0. The van der Waals surface area contributed by atoms with Crippen molar-refractivity contribution in [3.05, 3.63) is 78.5 Å². The molecule has 1 fully saturated rings. The Morgan fingerprint density at radius 3 is 2.69 bits per heavy atom. The number of likely N-dealkylation sites (tertiary alicyclic amines) is 1. The van der Waals surface area contributed by atoms with Crippen LogP contribution in [0.2, 0.25) is 0 Å². The number of halogens is 1. The number of hydrogen-bond acceptors (Lipinski definition) is 6. The molecule has 1 aliphatic rings. The lowest BCUT2D eigenvalue weighted by molar-refractivity contribution is 0.220. The number of hydrogen-bond donors (Lipinski definition) is 3. The summed E-state index contributed by atoms with van der Waals surface area (Å²) in [4.78, 5) is 19.9. The fourth-order valence-corrected chi connectivity index (χ4v) is 5.45. The second-order valence-electron chi connectivity index (χ2n) is 10.1. The summed E-state index contributed by atoms with van der Waals surface area (Å²) in [5.74, 6) is -0.0606. The Labute approximate surface area is 223 Å². The third-order valence-electron chi connectivity index (χ3n) is 7.32. The first-order valence-corrected chi connectivity index (χ1v) is 13.1. The summed E-state index contributed by atoms with van der Waals surface area (Å²) in [6, 6.07) is 13.8. The van der Waals surface area contributed by atoms with Crippen LogP contribution in [-0.2, 0) is 6.54 Å². The third-order valence-corrected chi connectivity index (χ3v) is 7.32. The maximum Gasteiger partial charge on any atom is 0.159 e. The molecule has 194 valence electrons.